The zero-order valence-corrected chi connectivity index (χ0v) is 14.4. The Labute approximate surface area is 153 Å². The molecular formula is C12H22O14S. The van der Waals surface area contributed by atoms with Crippen molar-refractivity contribution in [2.75, 3.05) is 13.2 Å². The van der Waals surface area contributed by atoms with Crippen LogP contribution in [0.4, 0.5) is 0 Å². The molecule has 2 fully saturated rings. The highest BCUT2D eigenvalue weighted by molar-refractivity contribution is 7.80. The van der Waals surface area contributed by atoms with Gasteiger partial charge in [0, 0.05) is 0 Å². The molecule has 0 aliphatic carbocycles. The molecule has 2 aliphatic rings. The number of aliphatic hydroxyl groups is 7. The molecule has 0 aromatic rings. The molecule has 15 heteroatoms. The standard InChI is InChI=1S/C12H22O14S/c13-1-3-5(15)10(26-27(20,21)22)8(18)12(24-3)25-9-4(2-14)23-11(19)7(17)6(9)16/h3-19H,1-2H2,(H,20,21,22)/t3-,4-,5+,6-,7-,8-,9-,10+,11?,12+/m1/s1. The Bertz CT molecular complexity index is 583. The molecule has 160 valence electrons. The number of hydrogen-bond donors (Lipinski definition) is 8. The van der Waals surface area contributed by atoms with E-state index in [0.29, 0.717) is 0 Å². The number of ether oxygens (including phenoxy) is 3. The van der Waals surface area contributed by atoms with Gasteiger partial charge >= 0.3 is 10.4 Å². The highest BCUT2D eigenvalue weighted by atomic mass is 32.3. The van der Waals surface area contributed by atoms with Gasteiger partial charge in [0.15, 0.2) is 12.6 Å². The summed E-state index contributed by atoms with van der Waals surface area (Å²) in [7, 11) is -5.12. The van der Waals surface area contributed by atoms with Crippen LogP contribution in [0.3, 0.4) is 0 Å². The SMILES string of the molecule is O=S(=O)(O)O[C@H]1[C@@H](O)[C@@H](CO)O[C@@H](O[C@H]2[C@H](O)[C@@H](O)C(O)O[C@@H]2CO)[C@@H]1O. The third-order valence-electron chi connectivity index (χ3n) is 4.19. The third kappa shape index (κ3) is 5.10. The third-order valence-corrected chi connectivity index (χ3v) is 4.65. The second-order valence-corrected chi connectivity index (χ2v) is 7.07. The van der Waals surface area contributed by atoms with Crippen molar-refractivity contribution in [2.45, 2.75) is 61.4 Å². The van der Waals surface area contributed by atoms with Gasteiger partial charge in [-0.15, -0.1) is 0 Å². The van der Waals surface area contributed by atoms with Crippen LogP contribution in [0.1, 0.15) is 0 Å². The van der Waals surface area contributed by atoms with E-state index in [1.54, 1.807) is 0 Å². The van der Waals surface area contributed by atoms with Gasteiger partial charge in [-0.2, -0.15) is 8.42 Å². The molecule has 0 aromatic carbocycles. The molecule has 0 radical (unpaired) electrons. The maximum absolute atomic E-state index is 10.9. The summed E-state index contributed by atoms with van der Waals surface area (Å²) in [6.07, 6.45) is -17.8. The molecule has 2 saturated heterocycles. The molecule has 0 amide bonds. The summed E-state index contributed by atoms with van der Waals surface area (Å²) >= 11 is 0. The van der Waals surface area contributed by atoms with Gasteiger partial charge in [-0.3, -0.25) is 4.55 Å². The number of rotatable bonds is 6. The highest BCUT2D eigenvalue weighted by Gasteiger charge is 2.51. The topological polar surface area (TPSA) is 233 Å². The first-order valence-corrected chi connectivity index (χ1v) is 9.10. The van der Waals surface area contributed by atoms with Crippen LogP contribution >= 0.6 is 0 Å². The van der Waals surface area contributed by atoms with E-state index in [4.69, 9.17) is 18.8 Å². The lowest BCUT2D eigenvalue weighted by atomic mass is 9.97. The summed E-state index contributed by atoms with van der Waals surface area (Å²) in [6, 6.07) is 0. The van der Waals surface area contributed by atoms with Crippen LogP contribution in [0.2, 0.25) is 0 Å². The second kappa shape index (κ2) is 8.87. The first-order chi connectivity index (χ1) is 12.5. The largest absolute Gasteiger partial charge is 0.397 e. The molecule has 14 nitrogen and oxygen atoms in total. The van der Waals surface area contributed by atoms with Crippen molar-refractivity contribution in [3.05, 3.63) is 0 Å². The quantitative estimate of drug-likeness (QED) is 0.186. The fraction of sp³-hybridized carbons (Fsp3) is 1.00. The van der Waals surface area contributed by atoms with E-state index < -0.39 is 85.0 Å². The summed E-state index contributed by atoms with van der Waals surface area (Å²) in [5.41, 5.74) is 0. The summed E-state index contributed by atoms with van der Waals surface area (Å²) in [5.74, 6) is 0. The van der Waals surface area contributed by atoms with Crippen molar-refractivity contribution in [1.29, 1.82) is 0 Å². The predicted molar refractivity (Wildman–Crippen MR) is 79.0 cm³/mol. The van der Waals surface area contributed by atoms with Gasteiger partial charge in [-0.05, 0) is 0 Å². The fourth-order valence-electron chi connectivity index (χ4n) is 2.81. The molecule has 2 rings (SSSR count). The molecule has 27 heavy (non-hydrogen) atoms. The lowest BCUT2D eigenvalue weighted by molar-refractivity contribution is -0.353. The zero-order chi connectivity index (χ0) is 20.5. The summed E-state index contributed by atoms with van der Waals surface area (Å²) in [6.45, 7) is -1.65. The molecule has 8 N–H and O–H groups in total. The highest BCUT2D eigenvalue weighted by Crippen LogP contribution is 2.30. The molecule has 1 unspecified atom stereocenters. The van der Waals surface area contributed by atoms with Gasteiger partial charge in [0.05, 0.1) is 13.2 Å². The van der Waals surface area contributed by atoms with E-state index in [1.165, 1.54) is 0 Å². The monoisotopic (exact) mass is 422 g/mol. The van der Waals surface area contributed by atoms with Gasteiger partial charge in [0.1, 0.15) is 48.8 Å². The van der Waals surface area contributed by atoms with Gasteiger partial charge in [0.2, 0.25) is 0 Å². The fourth-order valence-corrected chi connectivity index (χ4v) is 3.32. The Hall–Kier alpha value is -0.530. The van der Waals surface area contributed by atoms with E-state index in [2.05, 4.69) is 4.18 Å². The van der Waals surface area contributed by atoms with Crippen LogP contribution in [0.15, 0.2) is 0 Å². The Morgan fingerprint density at radius 1 is 0.778 bits per heavy atom. The van der Waals surface area contributed by atoms with Crippen LogP contribution in [0.5, 0.6) is 0 Å². The van der Waals surface area contributed by atoms with Crippen molar-refractivity contribution in [1.82, 2.24) is 0 Å². The van der Waals surface area contributed by atoms with Crippen LogP contribution < -0.4 is 0 Å². The first kappa shape index (κ1) is 22.8. The van der Waals surface area contributed by atoms with Crippen LogP contribution in [-0.2, 0) is 28.8 Å². The van der Waals surface area contributed by atoms with Crippen molar-refractivity contribution in [3.63, 3.8) is 0 Å². The number of aliphatic hydroxyl groups excluding tert-OH is 7. The number of hydrogen-bond acceptors (Lipinski definition) is 13. The minimum absolute atomic E-state index is 0.786. The van der Waals surface area contributed by atoms with Gasteiger partial charge in [0.25, 0.3) is 0 Å². The van der Waals surface area contributed by atoms with Crippen LogP contribution in [0, 0.1) is 0 Å². The molecule has 0 spiro atoms. The molecule has 0 aromatic heterocycles. The van der Waals surface area contributed by atoms with E-state index in [1.807, 2.05) is 0 Å². The molecule has 0 bridgehead atoms. The molecule has 0 saturated carbocycles. The first-order valence-electron chi connectivity index (χ1n) is 7.74. The molecular weight excluding hydrogens is 400 g/mol. The second-order valence-electron chi connectivity index (χ2n) is 6.02. The Balaban J connectivity index is 2.22. The lowest BCUT2D eigenvalue weighted by Gasteiger charge is -2.45. The maximum Gasteiger partial charge on any atom is 0.397 e. The Kier molecular flexibility index (Phi) is 7.47. The van der Waals surface area contributed by atoms with E-state index >= 15 is 0 Å². The summed E-state index contributed by atoms with van der Waals surface area (Å²) in [5, 5.41) is 67.8. The van der Waals surface area contributed by atoms with Gasteiger partial charge in [-0.1, -0.05) is 0 Å². The normalized spacial score (nSPS) is 46.4. The minimum atomic E-state index is -5.12. The smallest absolute Gasteiger partial charge is 0.394 e. The van der Waals surface area contributed by atoms with Crippen LogP contribution in [-0.4, -0.2) is 123 Å². The van der Waals surface area contributed by atoms with Crippen molar-refractivity contribution < 1.29 is 67.1 Å². The molecule has 2 heterocycles. The van der Waals surface area contributed by atoms with Crippen molar-refractivity contribution >= 4 is 10.4 Å². The molecule has 2 aliphatic heterocycles. The minimum Gasteiger partial charge on any atom is -0.394 e. The van der Waals surface area contributed by atoms with E-state index in [9.17, 15) is 44.2 Å². The summed E-state index contributed by atoms with van der Waals surface area (Å²) < 4.78 is 50.0. The van der Waals surface area contributed by atoms with Crippen molar-refractivity contribution in [3.8, 4) is 0 Å². The average Bonchev–Trinajstić information content (AvgIpc) is 2.59. The summed E-state index contributed by atoms with van der Waals surface area (Å²) in [4.78, 5) is 0. The molecule has 10 atom stereocenters. The van der Waals surface area contributed by atoms with E-state index in [-0.39, 0.29) is 0 Å². The lowest BCUT2D eigenvalue weighted by Crippen LogP contribution is -2.65. The van der Waals surface area contributed by atoms with E-state index in [0.717, 1.165) is 0 Å². The van der Waals surface area contributed by atoms with Gasteiger partial charge < -0.3 is 50.0 Å². The average molecular weight is 422 g/mol. The predicted octanol–water partition coefficient (Wildman–Crippen LogP) is -5.57. The van der Waals surface area contributed by atoms with Crippen LogP contribution in [0.25, 0.3) is 0 Å². The van der Waals surface area contributed by atoms with Gasteiger partial charge in [-0.25, -0.2) is 4.18 Å². The Morgan fingerprint density at radius 3 is 1.89 bits per heavy atom. The van der Waals surface area contributed by atoms with Crippen molar-refractivity contribution in [2.24, 2.45) is 0 Å². The Morgan fingerprint density at radius 2 is 1.37 bits per heavy atom. The maximum atomic E-state index is 10.9. The zero-order valence-electron chi connectivity index (χ0n) is 13.6.